The molecule has 0 radical (unpaired) electrons. The minimum atomic E-state index is -0.369. The Kier molecular flexibility index (Phi) is 32.2. The fourth-order valence-corrected chi connectivity index (χ4v) is 15.5. The Morgan fingerprint density at radius 1 is 0.410 bits per heavy atom. The van der Waals surface area contributed by atoms with Crippen LogP contribution >= 0.6 is 11.6 Å². The molecule has 624 valence electrons. The molecule has 0 aliphatic carbocycles. The lowest BCUT2D eigenvalue weighted by Gasteiger charge is -2.36. The molecule has 0 saturated carbocycles. The molecule has 3 atom stereocenters. The first-order valence-corrected chi connectivity index (χ1v) is 41.9. The van der Waals surface area contributed by atoms with Crippen molar-refractivity contribution in [2.45, 2.75) is 196 Å². The normalized spacial score (nSPS) is 14.7. The number of rotatable bonds is 32. The van der Waals surface area contributed by atoms with Crippen molar-refractivity contribution in [3.8, 4) is 34.3 Å². The van der Waals surface area contributed by atoms with Gasteiger partial charge in [-0.1, -0.05) is 164 Å². The van der Waals surface area contributed by atoms with Crippen LogP contribution < -0.4 is 9.47 Å². The highest BCUT2D eigenvalue weighted by Gasteiger charge is 2.37. The Balaban J connectivity index is 0.000000185. The number of carbonyl (C=O) groups excluding carboxylic acids is 6. The van der Waals surface area contributed by atoms with E-state index >= 15 is 0 Å². The molecule has 3 aromatic heterocycles. The number of amides is 6. The molecule has 24 nitrogen and oxygen atoms in total. The van der Waals surface area contributed by atoms with Crippen LogP contribution in [0.5, 0.6) is 17.2 Å². The molecule has 0 unspecified atom stereocenters. The van der Waals surface area contributed by atoms with E-state index < -0.39 is 0 Å². The number of aromatic hydroxyl groups is 1. The zero-order valence-electron chi connectivity index (χ0n) is 69.9. The number of hydrogen-bond donors (Lipinski definition) is 4. The van der Waals surface area contributed by atoms with Gasteiger partial charge in [0.25, 0.3) is 35.4 Å². The van der Waals surface area contributed by atoms with E-state index in [4.69, 9.17) is 26.2 Å². The summed E-state index contributed by atoms with van der Waals surface area (Å²) in [5, 5.41) is 55.1. The first-order chi connectivity index (χ1) is 56.6. The lowest BCUT2D eigenvalue weighted by molar-refractivity contribution is 0.0539. The van der Waals surface area contributed by atoms with E-state index in [1.165, 1.54) is 12.1 Å². The number of halogens is 1. The number of nitrogens with zero attached hydrogens (tertiary/aromatic N) is 12. The molecule has 117 heavy (non-hydrogen) atoms. The summed E-state index contributed by atoms with van der Waals surface area (Å²) in [5.41, 5.74) is 12.0. The van der Waals surface area contributed by atoms with Crippen molar-refractivity contribution in [2.24, 2.45) is 0 Å². The minimum absolute atomic E-state index is 0.00505. The molecular weight excluding hydrogens is 1500 g/mol. The molecule has 4 N–H and O–H groups in total. The number of unbranched alkanes of at least 4 members (excludes halogenated alkanes) is 6. The number of benzene rings is 6. The Hall–Kier alpha value is -10.7. The maximum Gasteiger partial charge on any atom is 0.275 e. The van der Waals surface area contributed by atoms with Gasteiger partial charge in [0, 0.05) is 82.4 Å². The average molecular weight is 1620 g/mol. The highest BCUT2D eigenvalue weighted by molar-refractivity contribution is 6.34. The molecule has 6 aromatic carbocycles. The molecule has 9 aromatic rings. The maximum absolute atomic E-state index is 14.1. The highest BCUT2D eigenvalue weighted by atomic mass is 35.5. The van der Waals surface area contributed by atoms with Gasteiger partial charge in [0.15, 0.2) is 17.1 Å². The molecule has 12 rings (SSSR count). The van der Waals surface area contributed by atoms with Crippen molar-refractivity contribution in [3.63, 3.8) is 0 Å². The van der Waals surface area contributed by atoms with E-state index in [-0.39, 0.29) is 89.9 Å². The molecule has 25 heteroatoms. The monoisotopic (exact) mass is 1620 g/mol. The number of methoxy groups -OCH3 is 2. The van der Waals surface area contributed by atoms with Crippen LogP contribution in [-0.2, 0) is 38.9 Å². The standard InChI is InChI=1S/C31H39ClN4O4.C31H40N4O4.C30H38N4O4/c1-5-7-15-34(16-8-6-2)31(39)29-28(32)21(3)36(33-29)27-14-13-25(40-4)18-26(27)30(38)35-19-23-12-10-9-11-22(23)17-24(35)20-37;1-5-7-15-33(16-8-6-2)31(38)28-17-22(3)35(32-28)29-19-26(39-4)13-14-27(29)30(37)34-20-24-12-10-9-11-23(24)18-25(34)21-36;1-4-6-14-32(15-7-5-2)30(38)27-16-21(3)34(31-27)28-18-25(36)12-13-26(28)29(37)33-19-23-11-9-8-10-22(23)17-24(33)20-35/h9-14,18,24,37H,5-8,15-17,19-20H2,1-4H3;9-14,17,19,25,36H,5-8,15-16,18,20-21H2,1-4H3;8-13,16,18,24,35-36H,4-7,14-15,17,19-20H2,1-3H3/t24-;25-;24-/m000/s1. The Bertz CT molecular complexity index is 4870. The predicted octanol–water partition coefficient (Wildman–Crippen LogP) is 14.7. The van der Waals surface area contributed by atoms with Crippen molar-refractivity contribution in [2.75, 3.05) is 73.3 Å². The first kappa shape index (κ1) is 88.7. The van der Waals surface area contributed by atoms with E-state index in [0.717, 1.165) is 116 Å². The highest BCUT2D eigenvalue weighted by Crippen LogP contribution is 2.35. The number of aliphatic hydroxyl groups is 3. The van der Waals surface area contributed by atoms with E-state index in [1.807, 2.05) is 95.3 Å². The number of aliphatic hydroxyl groups excluding tert-OH is 3. The third-order valence-corrected chi connectivity index (χ3v) is 22.7. The van der Waals surface area contributed by atoms with Crippen LogP contribution in [0.15, 0.2) is 140 Å². The average Bonchev–Trinajstić information content (AvgIpc) is 1.70. The van der Waals surface area contributed by atoms with E-state index in [9.17, 15) is 49.2 Å². The molecule has 0 spiro atoms. The topological polar surface area (TPSA) is 275 Å². The molecule has 3 aliphatic rings. The lowest BCUT2D eigenvalue weighted by Crippen LogP contribution is -2.46. The maximum atomic E-state index is 14.1. The molecule has 0 bridgehead atoms. The van der Waals surface area contributed by atoms with Gasteiger partial charge in [0.1, 0.15) is 17.2 Å². The van der Waals surface area contributed by atoms with Gasteiger partial charge in [-0.25, -0.2) is 14.0 Å². The third-order valence-electron chi connectivity index (χ3n) is 22.3. The number of phenols is 1. The number of carbonyl (C=O) groups is 6. The van der Waals surface area contributed by atoms with Crippen LogP contribution in [0.25, 0.3) is 17.1 Å². The quantitative estimate of drug-likeness (QED) is 0.0305. The molecule has 6 heterocycles. The second-order valence-electron chi connectivity index (χ2n) is 30.5. The van der Waals surface area contributed by atoms with Crippen molar-refractivity contribution in [1.29, 1.82) is 0 Å². The van der Waals surface area contributed by atoms with Crippen molar-refractivity contribution in [1.82, 2.24) is 58.7 Å². The fourth-order valence-electron chi connectivity index (χ4n) is 15.3. The summed E-state index contributed by atoms with van der Waals surface area (Å²) in [6.45, 7) is 22.9. The van der Waals surface area contributed by atoms with Gasteiger partial charge in [-0.3, -0.25) is 28.8 Å². The molecule has 3 aliphatic heterocycles. The van der Waals surface area contributed by atoms with Gasteiger partial charge < -0.3 is 59.3 Å². The van der Waals surface area contributed by atoms with E-state index in [1.54, 1.807) is 104 Å². The van der Waals surface area contributed by atoms with Gasteiger partial charge in [-0.05, 0) is 167 Å². The summed E-state index contributed by atoms with van der Waals surface area (Å²) in [4.78, 5) is 93.2. The molecular formula is C92H117ClN12O12. The van der Waals surface area contributed by atoms with Gasteiger partial charge >= 0.3 is 0 Å². The van der Waals surface area contributed by atoms with E-state index in [2.05, 4.69) is 57.8 Å². The van der Waals surface area contributed by atoms with Crippen molar-refractivity contribution >= 4 is 47.0 Å². The summed E-state index contributed by atoms with van der Waals surface area (Å²) in [6, 6.07) is 41.4. The molecule has 6 amide bonds. The van der Waals surface area contributed by atoms with Crippen LogP contribution in [-0.4, -0.2) is 206 Å². The van der Waals surface area contributed by atoms with Crippen LogP contribution in [0.3, 0.4) is 0 Å². The fraction of sp³-hybridized carbons (Fsp3) is 0.446. The summed E-state index contributed by atoms with van der Waals surface area (Å²) >= 11 is 6.73. The Labute approximate surface area is 693 Å². The van der Waals surface area contributed by atoms with Gasteiger partial charge in [0.2, 0.25) is 0 Å². The van der Waals surface area contributed by atoms with Crippen LogP contribution in [0.2, 0.25) is 5.02 Å². The van der Waals surface area contributed by atoms with Gasteiger partial charge in [0.05, 0.1) is 96.6 Å². The van der Waals surface area contributed by atoms with Crippen LogP contribution in [0.4, 0.5) is 0 Å². The smallest absolute Gasteiger partial charge is 0.275 e. The van der Waals surface area contributed by atoms with Crippen molar-refractivity contribution < 1.29 is 58.7 Å². The zero-order valence-corrected chi connectivity index (χ0v) is 70.7. The number of ether oxygens (including phenoxy) is 2. The largest absolute Gasteiger partial charge is 0.508 e. The summed E-state index contributed by atoms with van der Waals surface area (Å²) in [6.07, 6.45) is 13.2. The molecule has 0 saturated heterocycles. The summed E-state index contributed by atoms with van der Waals surface area (Å²) in [5.74, 6) is -0.0498. The van der Waals surface area contributed by atoms with Crippen molar-refractivity contribution in [3.05, 3.63) is 229 Å². The number of fused-ring (bicyclic) bond motifs is 3. The minimum Gasteiger partial charge on any atom is -0.508 e. The second-order valence-corrected chi connectivity index (χ2v) is 30.9. The number of aryl methyl sites for hydroxylation is 2. The first-order valence-electron chi connectivity index (χ1n) is 41.5. The third kappa shape index (κ3) is 21.0. The van der Waals surface area contributed by atoms with Gasteiger partial charge in [-0.15, -0.1) is 0 Å². The second kappa shape index (κ2) is 42.5. The number of hydrogen-bond acceptors (Lipinski definition) is 15. The summed E-state index contributed by atoms with van der Waals surface area (Å²) < 4.78 is 15.7. The Morgan fingerprint density at radius 3 is 1.13 bits per heavy atom. The lowest BCUT2D eigenvalue weighted by atomic mass is 9.93. The van der Waals surface area contributed by atoms with E-state index in [0.29, 0.717) is 146 Å². The number of phenolic OH excluding ortho intramolecular Hbond substituents is 1. The van der Waals surface area contributed by atoms with Crippen LogP contribution in [0, 0.1) is 20.8 Å². The molecule has 0 fully saturated rings. The Morgan fingerprint density at radius 2 is 0.752 bits per heavy atom. The SMILES string of the molecule is CCCCN(CCCC)C(=O)c1cc(C)n(-c2cc(O)ccc2C(=O)N2Cc3ccccc3C[C@H]2CO)n1.CCCCN(CCCC)C(=O)c1cc(C)n(-c2cc(OC)ccc2C(=O)N2Cc3ccccc3C[C@H]2CO)n1.CCCCN(CCCC)C(=O)c1nn(-c2ccc(OC)cc2C(=O)N2Cc3ccccc3C[C@H]2CO)c(C)c1Cl. The van der Waals surface area contributed by atoms with Crippen LogP contribution in [0.1, 0.15) is 232 Å². The zero-order chi connectivity index (χ0) is 84.0. The van der Waals surface area contributed by atoms with Gasteiger partial charge in [-0.2, -0.15) is 15.3 Å². The summed E-state index contributed by atoms with van der Waals surface area (Å²) in [7, 11) is 3.12. The number of aromatic nitrogens is 6. The predicted molar refractivity (Wildman–Crippen MR) is 455 cm³/mol.